The Kier molecular flexibility index (Phi) is 4.89. The molecular weight excluding hydrogens is 388 g/mol. The summed E-state index contributed by atoms with van der Waals surface area (Å²) in [5.41, 5.74) is 1.08. The largest absolute Gasteiger partial charge is 0.492 e. The maximum atomic E-state index is 6.64. The number of thiophene rings is 2. The van der Waals surface area contributed by atoms with Crippen LogP contribution >= 0.6 is 50.2 Å². The van der Waals surface area contributed by atoms with Crippen LogP contribution in [0.3, 0.4) is 0 Å². The Balaban J connectivity index is 1.85. The first kappa shape index (κ1) is 15.3. The molecule has 0 fully saturated rings. The number of hydrogen-bond donors (Lipinski definition) is 0. The molecule has 0 N–H and O–H groups in total. The molecule has 1 unspecified atom stereocenters. The summed E-state index contributed by atoms with van der Waals surface area (Å²) in [6.07, 6.45) is 0.998. The zero-order chi connectivity index (χ0) is 14.8. The summed E-state index contributed by atoms with van der Waals surface area (Å²) in [7, 11) is 0. The maximum absolute atomic E-state index is 6.64. The minimum absolute atomic E-state index is 0.119. The van der Waals surface area contributed by atoms with Crippen LogP contribution in [0.25, 0.3) is 9.40 Å². The lowest BCUT2D eigenvalue weighted by atomic mass is 10.1. The van der Waals surface area contributed by atoms with Gasteiger partial charge in [-0.1, -0.05) is 13.0 Å². The zero-order valence-electron chi connectivity index (χ0n) is 11.4. The van der Waals surface area contributed by atoms with Gasteiger partial charge in [-0.3, -0.25) is 0 Å². The first-order chi connectivity index (χ1) is 10.2. The molecule has 1 nitrogen and oxygen atoms in total. The van der Waals surface area contributed by atoms with E-state index in [1.807, 2.05) is 12.1 Å². The van der Waals surface area contributed by atoms with Crippen molar-refractivity contribution < 1.29 is 4.74 Å². The van der Waals surface area contributed by atoms with Crippen molar-refractivity contribution >= 4 is 59.6 Å². The smallest absolute Gasteiger partial charge is 0.133 e. The normalized spacial score (nSPS) is 12.7. The van der Waals surface area contributed by atoms with E-state index in [1.54, 1.807) is 22.7 Å². The number of halogens is 2. The van der Waals surface area contributed by atoms with E-state index in [2.05, 4.69) is 46.4 Å². The second-order valence-electron chi connectivity index (χ2n) is 4.70. The number of alkyl halides is 1. The number of benzene rings is 1. The van der Waals surface area contributed by atoms with Gasteiger partial charge >= 0.3 is 0 Å². The molecule has 0 amide bonds. The van der Waals surface area contributed by atoms with E-state index >= 15 is 0 Å². The predicted molar refractivity (Wildman–Crippen MR) is 97.3 cm³/mol. The average molecular weight is 402 g/mol. The van der Waals surface area contributed by atoms with Crippen molar-refractivity contribution in [3.8, 4) is 5.75 Å². The monoisotopic (exact) mass is 400 g/mol. The first-order valence-corrected chi connectivity index (χ1v) is 9.65. The van der Waals surface area contributed by atoms with E-state index in [9.17, 15) is 0 Å². The Hall–Kier alpha value is -0.550. The van der Waals surface area contributed by atoms with Gasteiger partial charge in [0.05, 0.1) is 16.5 Å². The van der Waals surface area contributed by atoms with Gasteiger partial charge in [0.25, 0.3) is 0 Å². The van der Waals surface area contributed by atoms with E-state index in [4.69, 9.17) is 16.3 Å². The third-order valence-corrected chi connectivity index (χ3v) is 6.51. The predicted octanol–water partition coefficient (Wildman–Crippen LogP) is 6.84. The van der Waals surface area contributed by atoms with Crippen LogP contribution < -0.4 is 4.74 Å². The second-order valence-corrected chi connectivity index (χ2v) is 8.05. The molecule has 0 radical (unpaired) electrons. The van der Waals surface area contributed by atoms with Crippen LogP contribution in [0.15, 0.2) is 40.2 Å². The lowest BCUT2D eigenvalue weighted by Gasteiger charge is -2.11. The molecule has 3 rings (SSSR count). The molecule has 21 heavy (non-hydrogen) atoms. The summed E-state index contributed by atoms with van der Waals surface area (Å²) in [5.74, 6) is 0.872. The van der Waals surface area contributed by atoms with Gasteiger partial charge < -0.3 is 4.74 Å². The van der Waals surface area contributed by atoms with Crippen LogP contribution in [0, 0.1) is 0 Å². The van der Waals surface area contributed by atoms with E-state index in [0.717, 1.165) is 28.8 Å². The van der Waals surface area contributed by atoms with Crippen LogP contribution in [-0.2, 0) is 0 Å². The summed E-state index contributed by atoms with van der Waals surface area (Å²) in [6.45, 7) is 2.82. The van der Waals surface area contributed by atoms with Crippen molar-refractivity contribution in [2.75, 3.05) is 6.61 Å². The third-order valence-electron chi connectivity index (χ3n) is 3.12. The Morgan fingerprint density at radius 2 is 2.10 bits per heavy atom. The minimum atomic E-state index is -0.119. The van der Waals surface area contributed by atoms with Gasteiger partial charge in [0.15, 0.2) is 0 Å². The summed E-state index contributed by atoms with van der Waals surface area (Å²) < 4.78 is 9.25. The van der Waals surface area contributed by atoms with E-state index in [0.29, 0.717) is 0 Å². The third kappa shape index (κ3) is 3.29. The van der Waals surface area contributed by atoms with Crippen molar-refractivity contribution in [2.45, 2.75) is 18.7 Å². The van der Waals surface area contributed by atoms with Gasteiger partial charge in [-0.15, -0.1) is 34.3 Å². The van der Waals surface area contributed by atoms with Gasteiger partial charge in [-0.25, -0.2) is 0 Å². The minimum Gasteiger partial charge on any atom is -0.492 e. The summed E-state index contributed by atoms with van der Waals surface area (Å²) >= 11 is 13.7. The second kappa shape index (κ2) is 6.69. The molecule has 1 atom stereocenters. The highest BCUT2D eigenvalue weighted by molar-refractivity contribution is 9.10. The molecule has 0 aliphatic carbocycles. The van der Waals surface area contributed by atoms with Gasteiger partial charge in [0.2, 0.25) is 0 Å². The maximum Gasteiger partial charge on any atom is 0.133 e. The molecule has 2 heterocycles. The van der Waals surface area contributed by atoms with Crippen LogP contribution in [0.4, 0.5) is 0 Å². The topological polar surface area (TPSA) is 9.23 Å². The molecule has 2 aromatic heterocycles. The summed E-state index contributed by atoms with van der Waals surface area (Å²) in [6, 6.07) is 10.4. The molecule has 0 saturated carbocycles. The number of ether oxygens (including phenoxy) is 1. The molecule has 0 saturated heterocycles. The fraction of sp³-hybridized carbons (Fsp3) is 0.250. The standard InChI is InChI=1S/C16H14BrClOS2/c1-2-6-19-12-4-3-10(8-11(12)17)16(18)15-9-14-13(21-15)5-7-20-14/h3-5,7-9,16H,2,6H2,1H3. The van der Waals surface area contributed by atoms with Crippen molar-refractivity contribution in [1.29, 1.82) is 0 Å². The molecule has 5 heteroatoms. The van der Waals surface area contributed by atoms with Gasteiger partial charge in [-0.05, 0) is 57.6 Å². The van der Waals surface area contributed by atoms with Crippen molar-refractivity contribution in [2.24, 2.45) is 0 Å². The van der Waals surface area contributed by atoms with Crippen molar-refractivity contribution in [3.05, 3.63) is 50.6 Å². The van der Waals surface area contributed by atoms with Crippen molar-refractivity contribution in [3.63, 3.8) is 0 Å². The van der Waals surface area contributed by atoms with Crippen LogP contribution in [-0.4, -0.2) is 6.61 Å². The fourth-order valence-electron chi connectivity index (χ4n) is 2.08. The lowest BCUT2D eigenvalue weighted by molar-refractivity contribution is 0.315. The molecule has 110 valence electrons. The quantitative estimate of drug-likeness (QED) is 0.425. The highest BCUT2D eigenvalue weighted by atomic mass is 79.9. The van der Waals surface area contributed by atoms with E-state index < -0.39 is 0 Å². The highest BCUT2D eigenvalue weighted by Gasteiger charge is 2.16. The lowest BCUT2D eigenvalue weighted by Crippen LogP contribution is -1.97. The summed E-state index contributed by atoms with van der Waals surface area (Å²) in [4.78, 5) is 1.19. The molecule has 0 bridgehead atoms. The Morgan fingerprint density at radius 1 is 1.24 bits per heavy atom. The fourth-order valence-corrected chi connectivity index (χ4v) is 5.05. The average Bonchev–Trinajstić information content (AvgIpc) is 3.06. The molecule has 0 spiro atoms. The number of hydrogen-bond acceptors (Lipinski definition) is 3. The van der Waals surface area contributed by atoms with Crippen LogP contribution in [0.1, 0.15) is 29.2 Å². The first-order valence-electron chi connectivity index (χ1n) is 6.72. The van der Waals surface area contributed by atoms with Crippen LogP contribution in [0.2, 0.25) is 0 Å². The molecule has 0 aliphatic heterocycles. The van der Waals surface area contributed by atoms with E-state index in [-0.39, 0.29) is 5.38 Å². The summed E-state index contributed by atoms with van der Waals surface area (Å²) in [5, 5.41) is 2.00. The number of rotatable bonds is 5. The molecule has 0 aliphatic rings. The van der Waals surface area contributed by atoms with E-state index in [1.165, 1.54) is 14.3 Å². The van der Waals surface area contributed by atoms with Crippen LogP contribution in [0.5, 0.6) is 5.75 Å². The van der Waals surface area contributed by atoms with Gasteiger partial charge in [-0.2, -0.15) is 0 Å². The van der Waals surface area contributed by atoms with Crippen molar-refractivity contribution in [1.82, 2.24) is 0 Å². The molecule has 1 aromatic carbocycles. The SMILES string of the molecule is CCCOc1ccc(C(Cl)c2cc3sccc3s2)cc1Br. The molecular formula is C16H14BrClOS2. The Labute approximate surface area is 145 Å². The Morgan fingerprint density at radius 3 is 2.81 bits per heavy atom. The highest BCUT2D eigenvalue weighted by Crippen LogP contribution is 2.40. The number of fused-ring (bicyclic) bond motifs is 1. The zero-order valence-corrected chi connectivity index (χ0v) is 15.4. The van der Waals surface area contributed by atoms with Gasteiger partial charge in [0.1, 0.15) is 5.75 Å². The molecule has 3 aromatic rings. The Bertz CT molecular complexity index is 721. The van der Waals surface area contributed by atoms with Gasteiger partial charge in [0, 0.05) is 14.3 Å².